The number of rotatable bonds is 9. The number of hydrogen-bond donors (Lipinski definition) is 1. The molecule has 1 N–H and O–H groups in total. The standard InChI is InChI=1S/C27H27N3O2S/c1-4-31-26-15-21(12-13-25(26)32-17-23-14-19(2)10-11-20(23)3)16-28-30-27-29-24(18-33-27)22-8-6-5-7-9-22/h5-16,18H,4,17H2,1-3H3,(H,29,30)/b28-16-. The molecular formula is C27H27N3O2S. The molecule has 0 fully saturated rings. The van der Waals surface area contributed by atoms with Gasteiger partial charge in [0.25, 0.3) is 0 Å². The number of benzene rings is 3. The van der Waals surface area contributed by atoms with Crippen molar-refractivity contribution >= 4 is 22.7 Å². The summed E-state index contributed by atoms with van der Waals surface area (Å²) in [5.41, 5.74) is 9.55. The van der Waals surface area contributed by atoms with E-state index >= 15 is 0 Å². The van der Waals surface area contributed by atoms with Crippen molar-refractivity contribution in [1.82, 2.24) is 4.98 Å². The SMILES string of the molecule is CCOc1cc(/C=N\Nc2nc(-c3ccccc3)cs2)ccc1OCc1cc(C)ccc1C. The predicted octanol–water partition coefficient (Wildman–Crippen LogP) is 6.85. The van der Waals surface area contributed by atoms with Gasteiger partial charge in [0.1, 0.15) is 6.61 Å². The summed E-state index contributed by atoms with van der Waals surface area (Å²) in [7, 11) is 0. The lowest BCUT2D eigenvalue weighted by Crippen LogP contribution is -2.02. The average Bonchev–Trinajstić information content (AvgIpc) is 3.30. The highest BCUT2D eigenvalue weighted by Gasteiger charge is 2.08. The van der Waals surface area contributed by atoms with Crippen molar-refractivity contribution in [3.63, 3.8) is 0 Å². The first-order valence-corrected chi connectivity index (χ1v) is 11.8. The molecule has 168 valence electrons. The molecule has 6 heteroatoms. The minimum absolute atomic E-state index is 0.496. The Morgan fingerprint density at radius 2 is 1.82 bits per heavy atom. The lowest BCUT2D eigenvalue weighted by Gasteiger charge is -2.14. The molecule has 0 aliphatic carbocycles. The summed E-state index contributed by atoms with van der Waals surface area (Å²) >= 11 is 1.52. The first kappa shape index (κ1) is 22.6. The lowest BCUT2D eigenvalue weighted by atomic mass is 10.1. The summed E-state index contributed by atoms with van der Waals surface area (Å²) in [5, 5.41) is 7.10. The third kappa shape index (κ3) is 5.99. The summed E-state index contributed by atoms with van der Waals surface area (Å²) < 4.78 is 11.9. The van der Waals surface area contributed by atoms with Gasteiger partial charge in [-0.3, -0.25) is 5.43 Å². The number of hydrazone groups is 1. The third-order valence-electron chi connectivity index (χ3n) is 5.10. The highest BCUT2D eigenvalue weighted by atomic mass is 32.1. The fourth-order valence-corrected chi connectivity index (χ4v) is 4.00. The van der Waals surface area contributed by atoms with Crippen molar-refractivity contribution in [2.45, 2.75) is 27.4 Å². The van der Waals surface area contributed by atoms with Crippen LogP contribution in [0.25, 0.3) is 11.3 Å². The quantitative estimate of drug-likeness (QED) is 0.221. The van der Waals surface area contributed by atoms with Crippen LogP contribution in [-0.4, -0.2) is 17.8 Å². The maximum Gasteiger partial charge on any atom is 0.203 e. The maximum atomic E-state index is 6.09. The molecule has 4 aromatic rings. The van der Waals surface area contributed by atoms with Crippen LogP contribution in [0.4, 0.5) is 5.13 Å². The summed E-state index contributed by atoms with van der Waals surface area (Å²) in [6.45, 7) is 7.20. The third-order valence-corrected chi connectivity index (χ3v) is 5.85. The lowest BCUT2D eigenvalue weighted by molar-refractivity contribution is 0.269. The van der Waals surface area contributed by atoms with E-state index in [2.05, 4.69) is 47.6 Å². The topological polar surface area (TPSA) is 55.7 Å². The molecule has 33 heavy (non-hydrogen) atoms. The molecule has 0 atom stereocenters. The number of ether oxygens (including phenoxy) is 2. The van der Waals surface area contributed by atoms with E-state index in [1.807, 2.05) is 60.8 Å². The molecule has 0 saturated heterocycles. The zero-order chi connectivity index (χ0) is 23.0. The van der Waals surface area contributed by atoms with Gasteiger partial charge in [-0.2, -0.15) is 5.10 Å². The number of aryl methyl sites for hydroxylation is 2. The summed E-state index contributed by atoms with van der Waals surface area (Å²) in [4.78, 5) is 4.59. The summed E-state index contributed by atoms with van der Waals surface area (Å²) in [5.74, 6) is 1.42. The van der Waals surface area contributed by atoms with Crippen LogP contribution in [0.15, 0.2) is 77.2 Å². The molecule has 4 rings (SSSR count). The number of aromatic nitrogens is 1. The maximum absolute atomic E-state index is 6.09. The first-order chi connectivity index (χ1) is 16.1. The number of nitrogens with one attached hydrogen (secondary N) is 1. The van der Waals surface area contributed by atoms with Crippen LogP contribution in [0.3, 0.4) is 0 Å². The molecule has 5 nitrogen and oxygen atoms in total. The Morgan fingerprint density at radius 3 is 2.64 bits per heavy atom. The highest BCUT2D eigenvalue weighted by molar-refractivity contribution is 7.14. The molecule has 0 amide bonds. The molecule has 1 aromatic heterocycles. The van der Waals surface area contributed by atoms with Gasteiger partial charge in [0.05, 0.1) is 18.5 Å². The Morgan fingerprint density at radius 1 is 0.970 bits per heavy atom. The van der Waals surface area contributed by atoms with E-state index in [1.54, 1.807) is 6.21 Å². The minimum Gasteiger partial charge on any atom is -0.490 e. The fraction of sp³-hybridized carbons (Fsp3) is 0.185. The van der Waals surface area contributed by atoms with Gasteiger partial charge in [0.2, 0.25) is 5.13 Å². The Kier molecular flexibility index (Phi) is 7.37. The van der Waals surface area contributed by atoms with Gasteiger partial charge in [-0.05, 0) is 55.7 Å². The van der Waals surface area contributed by atoms with Crippen molar-refractivity contribution < 1.29 is 9.47 Å². The van der Waals surface area contributed by atoms with E-state index in [0.717, 1.165) is 27.7 Å². The average molecular weight is 458 g/mol. The van der Waals surface area contributed by atoms with Crippen molar-refractivity contribution in [1.29, 1.82) is 0 Å². The van der Waals surface area contributed by atoms with E-state index in [0.29, 0.717) is 19.0 Å². The minimum atomic E-state index is 0.496. The van der Waals surface area contributed by atoms with Crippen LogP contribution in [0.1, 0.15) is 29.2 Å². The van der Waals surface area contributed by atoms with E-state index < -0.39 is 0 Å². The zero-order valence-corrected chi connectivity index (χ0v) is 19.9. The number of hydrogen-bond acceptors (Lipinski definition) is 6. The van der Waals surface area contributed by atoms with Crippen molar-refractivity contribution in [2.24, 2.45) is 5.10 Å². The zero-order valence-electron chi connectivity index (χ0n) is 19.0. The molecule has 1 heterocycles. The van der Waals surface area contributed by atoms with Gasteiger partial charge in [-0.25, -0.2) is 4.98 Å². The van der Waals surface area contributed by atoms with Gasteiger partial charge in [0.15, 0.2) is 11.5 Å². The second-order valence-electron chi connectivity index (χ2n) is 7.63. The molecule has 0 aliphatic rings. The molecule has 0 radical (unpaired) electrons. The number of thiazole rings is 1. The van der Waals surface area contributed by atoms with Gasteiger partial charge in [0, 0.05) is 10.9 Å². The number of nitrogens with zero attached hydrogens (tertiary/aromatic N) is 2. The van der Waals surface area contributed by atoms with Crippen LogP contribution in [0.5, 0.6) is 11.5 Å². The Bertz CT molecular complexity index is 1240. The normalized spacial score (nSPS) is 11.0. The summed E-state index contributed by atoms with van der Waals surface area (Å²) in [6.07, 6.45) is 1.75. The second kappa shape index (κ2) is 10.8. The Hall–Kier alpha value is -3.64. The van der Waals surface area contributed by atoms with Gasteiger partial charge >= 0.3 is 0 Å². The molecule has 0 aliphatic heterocycles. The van der Waals surface area contributed by atoms with E-state index in [9.17, 15) is 0 Å². The van der Waals surface area contributed by atoms with Gasteiger partial charge in [-0.15, -0.1) is 11.3 Å². The Balaban J connectivity index is 1.42. The second-order valence-corrected chi connectivity index (χ2v) is 8.49. The largest absolute Gasteiger partial charge is 0.490 e. The van der Waals surface area contributed by atoms with Crippen LogP contribution >= 0.6 is 11.3 Å². The molecule has 0 saturated carbocycles. The van der Waals surface area contributed by atoms with Crippen LogP contribution in [-0.2, 0) is 6.61 Å². The van der Waals surface area contributed by atoms with Crippen molar-refractivity contribution in [2.75, 3.05) is 12.0 Å². The van der Waals surface area contributed by atoms with E-state index in [-0.39, 0.29) is 0 Å². The van der Waals surface area contributed by atoms with Crippen LogP contribution in [0.2, 0.25) is 0 Å². The van der Waals surface area contributed by atoms with Crippen molar-refractivity contribution in [3.05, 3.63) is 94.4 Å². The molecule has 3 aromatic carbocycles. The monoisotopic (exact) mass is 457 g/mol. The molecule has 0 bridgehead atoms. The number of anilines is 1. The predicted molar refractivity (Wildman–Crippen MR) is 137 cm³/mol. The van der Waals surface area contributed by atoms with Gasteiger partial charge < -0.3 is 9.47 Å². The van der Waals surface area contributed by atoms with Gasteiger partial charge in [-0.1, -0.05) is 54.1 Å². The summed E-state index contributed by atoms with van der Waals surface area (Å²) in [6, 6.07) is 22.3. The van der Waals surface area contributed by atoms with Crippen molar-refractivity contribution in [3.8, 4) is 22.8 Å². The Labute approximate surface area is 198 Å². The molecule has 0 spiro atoms. The first-order valence-electron chi connectivity index (χ1n) is 10.9. The van der Waals surface area contributed by atoms with E-state index in [1.165, 1.54) is 28.0 Å². The smallest absolute Gasteiger partial charge is 0.203 e. The fourth-order valence-electron chi connectivity index (χ4n) is 3.33. The van der Waals surface area contributed by atoms with Crippen LogP contribution in [0, 0.1) is 13.8 Å². The molecular weight excluding hydrogens is 430 g/mol. The van der Waals surface area contributed by atoms with Crippen LogP contribution < -0.4 is 14.9 Å². The highest BCUT2D eigenvalue weighted by Crippen LogP contribution is 2.29. The van der Waals surface area contributed by atoms with E-state index in [4.69, 9.17) is 9.47 Å². The molecule has 0 unspecified atom stereocenters.